The molecule has 0 aromatic rings. The first-order valence-corrected chi connectivity index (χ1v) is 6.74. The number of carboxylic acids is 1. The van der Waals surface area contributed by atoms with Gasteiger partial charge in [0, 0.05) is 25.5 Å². The number of hydrogen-bond acceptors (Lipinski definition) is 4. The lowest BCUT2D eigenvalue weighted by Crippen LogP contribution is -2.50. The monoisotopic (exact) mass is 286 g/mol. The van der Waals surface area contributed by atoms with Crippen LogP contribution >= 0.6 is 0 Å². The second kappa shape index (κ2) is 7.23. The second-order valence-corrected chi connectivity index (χ2v) is 5.57. The van der Waals surface area contributed by atoms with Gasteiger partial charge < -0.3 is 15.2 Å². The van der Waals surface area contributed by atoms with Crippen molar-refractivity contribution in [3.05, 3.63) is 0 Å². The standard InChI is InChI=1S/C13H22N2O5/c1-13(2)8-9(6-7-20-13)14-12(19)15-10(16)4-3-5-11(17)18/h9H,3-8H2,1-2H3,(H,17,18)(H2,14,15,16,19). The zero-order chi connectivity index (χ0) is 15.2. The van der Waals surface area contributed by atoms with Gasteiger partial charge in [0.2, 0.25) is 5.91 Å². The average Bonchev–Trinajstić information content (AvgIpc) is 2.26. The number of carbonyl (C=O) groups is 3. The van der Waals surface area contributed by atoms with Crippen LogP contribution in [-0.2, 0) is 14.3 Å². The van der Waals surface area contributed by atoms with Crippen LogP contribution in [0.4, 0.5) is 4.79 Å². The molecule has 7 nitrogen and oxygen atoms in total. The predicted octanol–water partition coefficient (Wildman–Crippen LogP) is 1.02. The molecule has 1 fully saturated rings. The molecule has 1 saturated heterocycles. The molecule has 0 aliphatic carbocycles. The normalized spacial score (nSPS) is 21.0. The van der Waals surface area contributed by atoms with Gasteiger partial charge in [0.1, 0.15) is 0 Å². The maximum atomic E-state index is 11.6. The largest absolute Gasteiger partial charge is 0.481 e. The number of hydrogen-bond donors (Lipinski definition) is 3. The SMILES string of the molecule is CC1(C)CC(NC(=O)NC(=O)CCCC(=O)O)CCO1. The summed E-state index contributed by atoms with van der Waals surface area (Å²) in [6.45, 7) is 4.48. The minimum atomic E-state index is -0.952. The molecule has 1 atom stereocenters. The van der Waals surface area contributed by atoms with Gasteiger partial charge in [-0.2, -0.15) is 0 Å². The van der Waals surface area contributed by atoms with Crippen LogP contribution in [0.2, 0.25) is 0 Å². The molecule has 0 spiro atoms. The highest BCUT2D eigenvalue weighted by atomic mass is 16.5. The zero-order valence-electron chi connectivity index (χ0n) is 11.9. The molecule has 0 aromatic heterocycles. The van der Waals surface area contributed by atoms with E-state index in [2.05, 4.69) is 10.6 Å². The highest BCUT2D eigenvalue weighted by molar-refractivity contribution is 5.94. The summed E-state index contributed by atoms with van der Waals surface area (Å²) in [5.74, 6) is -1.42. The summed E-state index contributed by atoms with van der Waals surface area (Å²) in [6.07, 6.45) is 1.57. The van der Waals surface area contributed by atoms with Crippen LogP contribution in [0.3, 0.4) is 0 Å². The quantitative estimate of drug-likeness (QED) is 0.700. The van der Waals surface area contributed by atoms with E-state index in [-0.39, 0.29) is 30.9 Å². The zero-order valence-corrected chi connectivity index (χ0v) is 11.9. The minimum absolute atomic E-state index is 0.0226. The number of imide groups is 1. The third-order valence-electron chi connectivity index (χ3n) is 3.08. The van der Waals surface area contributed by atoms with Gasteiger partial charge in [-0.3, -0.25) is 14.9 Å². The summed E-state index contributed by atoms with van der Waals surface area (Å²) in [4.78, 5) is 33.3. The van der Waals surface area contributed by atoms with Gasteiger partial charge in [0.15, 0.2) is 0 Å². The highest BCUT2D eigenvalue weighted by Gasteiger charge is 2.29. The van der Waals surface area contributed by atoms with E-state index >= 15 is 0 Å². The number of amides is 3. The maximum Gasteiger partial charge on any atom is 0.321 e. The number of nitrogens with one attached hydrogen (secondary N) is 2. The van der Waals surface area contributed by atoms with Gasteiger partial charge >= 0.3 is 12.0 Å². The third kappa shape index (κ3) is 6.51. The van der Waals surface area contributed by atoms with E-state index in [0.717, 1.165) is 0 Å². The molecular formula is C13H22N2O5. The smallest absolute Gasteiger partial charge is 0.321 e. The first-order valence-electron chi connectivity index (χ1n) is 6.74. The van der Waals surface area contributed by atoms with Crippen LogP contribution in [0.25, 0.3) is 0 Å². The van der Waals surface area contributed by atoms with Gasteiger partial charge in [-0.05, 0) is 33.1 Å². The molecule has 0 aromatic carbocycles. The van der Waals surface area contributed by atoms with E-state index in [4.69, 9.17) is 9.84 Å². The van der Waals surface area contributed by atoms with E-state index in [0.29, 0.717) is 19.4 Å². The molecule has 0 radical (unpaired) electrons. The van der Waals surface area contributed by atoms with E-state index in [1.807, 2.05) is 13.8 Å². The summed E-state index contributed by atoms with van der Waals surface area (Å²) in [5.41, 5.74) is -0.276. The Hall–Kier alpha value is -1.63. The van der Waals surface area contributed by atoms with Crippen molar-refractivity contribution in [3.8, 4) is 0 Å². The van der Waals surface area contributed by atoms with Crippen LogP contribution in [-0.4, -0.2) is 41.3 Å². The van der Waals surface area contributed by atoms with E-state index in [1.54, 1.807) is 0 Å². The lowest BCUT2D eigenvalue weighted by atomic mass is 9.94. The van der Waals surface area contributed by atoms with E-state index in [9.17, 15) is 14.4 Å². The Balaban J connectivity index is 2.25. The topological polar surface area (TPSA) is 105 Å². The van der Waals surface area contributed by atoms with Crippen molar-refractivity contribution in [1.29, 1.82) is 0 Å². The van der Waals surface area contributed by atoms with Crippen molar-refractivity contribution in [3.63, 3.8) is 0 Å². The molecule has 3 N–H and O–H groups in total. The molecule has 3 amide bonds. The molecule has 1 unspecified atom stereocenters. The highest BCUT2D eigenvalue weighted by Crippen LogP contribution is 2.23. The maximum absolute atomic E-state index is 11.6. The van der Waals surface area contributed by atoms with Crippen molar-refractivity contribution in [2.24, 2.45) is 0 Å². The number of carbonyl (C=O) groups excluding carboxylic acids is 2. The fourth-order valence-electron chi connectivity index (χ4n) is 2.17. The van der Waals surface area contributed by atoms with E-state index in [1.165, 1.54) is 0 Å². The van der Waals surface area contributed by atoms with Crippen molar-refractivity contribution in [2.75, 3.05) is 6.61 Å². The Morgan fingerprint density at radius 2 is 2.00 bits per heavy atom. The molecule has 0 bridgehead atoms. The number of aliphatic carboxylic acids is 1. The minimum Gasteiger partial charge on any atom is -0.481 e. The van der Waals surface area contributed by atoms with Crippen LogP contribution in [0.15, 0.2) is 0 Å². The molecule has 114 valence electrons. The Bertz CT molecular complexity index is 381. The fraction of sp³-hybridized carbons (Fsp3) is 0.769. The number of urea groups is 1. The molecule has 1 aliphatic rings. The Labute approximate surface area is 118 Å². The molecule has 0 saturated carbocycles. The molecule has 7 heteroatoms. The summed E-state index contributed by atoms with van der Waals surface area (Å²) in [5, 5.41) is 13.4. The van der Waals surface area contributed by atoms with Crippen molar-refractivity contribution < 1.29 is 24.2 Å². The first kappa shape index (κ1) is 16.4. The Kier molecular flexibility index (Phi) is 5.94. The molecular weight excluding hydrogens is 264 g/mol. The van der Waals surface area contributed by atoms with Crippen LogP contribution < -0.4 is 10.6 Å². The van der Waals surface area contributed by atoms with Gasteiger partial charge in [-0.1, -0.05) is 0 Å². The predicted molar refractivity (Wildman–Crippen MR) is 71.2 cm³/mol. The Morgan fingerprint density at radius 1 is 1.30 bits per heavy atom. The van der Waals surface area contributed by atoms with Gasteiger partial charge in [0.25, 0.3) is 0 Å². The molecule has 1 heterocycles. The van der Waals surface area contributed by atoms with E-state index < -0.39 is 17.9 Å². The van der Waals surface area contributed by atoms with Crippen LogP contribution in [0.1, 0.15) is 46.0 Å². The van der Waals surface area contributed by atoms with Gasteiger partial charge in [0.05, 0.1) is 5.60 Å². The molecule has 1 aliphatic heterocycles. The van der Waals surface area contributed by atoms with Crippen molar-refractivity contribution >= 4 is 17.9 Å². The molecule has 1 rings (SSSR count). The summed E-state index contributed by atoms with van der Waals surface area (Å²) >= 11 is 0. The second-order valence-electron chi connectivity index (χ2n) is 5.57. The summed E-state index contributed by atoms with van der Waals surface area (Å²) in [6, 6.07) is -0.557. The number of rotatable bonds is 5. The van der Waals surface area contributed by atoms with Crippen molar-refractivity contribution in [1.82, 2.24) is 10.6 Å². The van der Waals surface area contributed by atoms with Crippen LogP contribution in [0.5, 0.6) is 0 Å². The number of ether oxygens (including phenoxy) is 1. The summed E-state index contributed by atoms with van der Waals surface area (Å²) in [7, 11) is 0. The lowest BCUT2D eigenvalue weighted by molar-refractivity contribution is -0.137. The van der Waals surface area contributed by atoms with Gasteiger partial charge in [-0.25, -0.2) is 4.79 Å². The first-order chi connectivity index (χ1) is 9.28. The average molecular weight is 286 g/mol. The fourth-order valence-corrected chi connectivity index (χ4v) is 2.17. The summed E-state index contributed by atoms with van der Waals surface area (Å²) < 4.78 is 5.54. The third-order valence-corrected chi connectivity index (χ3v) is 3.08. The van der Waals surface area contributed by atoms with Gasteiger partial charge in [-0.15, -0.1) is 0 Å². The Morgan fingerprint density at radius 3 is 2.60 bits per heavy atom. The van der Waals surface area contributed by atoms with Crippen molar-refractivity contribution in [2.45, 2.75) is 57.6 Å². The van der Waals surface area contributed by atoms with Crippen LogP contribution in [0, 0.1) is 0 Å². The lowest BCUT2D eigenvalue weighted by Gasteiger charge is -2.35. The number of carboxylic acid groups (broad SMARTS) is 1. The molecule has 20 heavy (non-hydrogen) atoms.